The molecule has 1 aliphatic rings. The fraction of sp³-hybridized carbons (Fsp3) is 1.00. The van der Waals surface area contributed by atoms with Gasteiger partial charge in [0.1, 0.15) is 0 Å². The molecule has 0 nitrogen and oxygen atoms in total. The van der Waals surface area contributed by atoms with E-state index >= 15 is 0 Å². The highest BCUT2D eigenvalue weighted by Crippen LogP contribution is 2.56. The molecule has 1 atom stereocenters. The normalized spacial score (nSPS) is 33.7. The molecule has 1 aliphatic carbocycles. The van der Waals surface area contributed by atoms with Crippen LogP contribution in [0.15, 0.2) is 0 Å². The van der Waals surface area contributed by atoms with E-state index in [1.54, 1.807) is 0 Å². The van der Waals surface area contributed by atoms with E-state index in [1.807, 2.05) is 0 Å². The van der Waals surface area contributed by atoms with Crippen molar-refractivity contribution in [2.75, 3.05) is 0 Å². The van der Waals surface area contributed by atoms with Gasteiger partial charge in [0, 0.05) is 0 Å². The predicted molar refractivity (Wildman–Crippen MR) is 78.1 cm³/mol. The van der Waals surface area contributed by atoms with Gasteiger partial charge in [-0.1, -0.05) is 55.4 Å². The van der Waals surface area contributed by atoms with E-state index in [1.165, 1.54) is 19.3 Å². The maximum Gasteiger partial charge on any atom is -0.0285 e. The first-order valence-electron chi connectivity index (χ1n) is 7.56. The molecule has 1 unspecified atom stereocenters. The van der Waals surface area contributed by atoms with E-state index in [0.29, 0.717) is 10.8 Å². The molecule has 0 aromatic carbocycles. The molecule has 0 spiro atoms. The van der Waals surface area contributed by atoms with Crippen molar-refractivity contribution >= 4 is 0 Å². The Morgan fingerprint density at radius 3 is 1.71 bits per heavy atom. The van der Waals surface area contributed by atoms with E-state index in [0.717, 1.165) is 23.7 Å². The molecule has 0 aromatic rings. The van der Waals surface area contributed by atoms with Crippen LogP contribution in [0.5, 0.6) is 0 Å². The standard InChI is InChI=1S/C17H34/c1-12(2)9-14(4)15-16(5,6)10-13(3)11-17(15,7)8/h12-15H,9-11H2,1-8H3. The average Bonchev–Trinajstić information content (AvgIpc) is 1.93. The molecule has 0 heterocycles. The van der Waals surface area contributed by atoms with Crippen LogP contribution in [-0.4, -0.2) is 0 Å². The maximum atomic E-state index is 2.51. The van der Waals surface area contributed by atoms with E-state index < -0.39 is 0 Å². The minimum Gasteiger partial charge on any atom is -0.0628 e. The van der Waals surface area contributed by atoms with Gasteiger partial charge >= 0.3 is 0 Å². The maximum absolute atomic E-state index is 2.51. The Bertz CT molecular complexity index is 229. The van der Waals surface area contributed by atoms with E-state index in [4.69, 9.17) is 0 Å². The zero-order valence-electron chi connectivity index (χ0n) is 13.4. The summed E-state index contributed by atoms with van der Waals surface area (Å²) in [7, 11) is 0. The van der Waals surface area contributed by atoms with Gasteiger partial charge < -0.3 is 0 Å². The van der Waals surface area contributed by atoms with Crippen LogP contribution >= 0.6 is 0 Å². The highest BCUT2D eigenvalue weighted by Gasteiger charge is 2.48. The smallest absolute Gasteiger partial charge is 0.0285 e. The minimum absolute atomic E-state index is 0.509. The Morgan fingerprint density at radius 1 is 0.941 bits per heavy atom. The van der Waals surface area contributed by atoms with Crippen molar-refractivity contribution in [3.05, 3.63) is 0 Å². The Hall–Kier alpha value is 0. The predicted octanol–water partition coefficient (Wildman–Crippen LogP) is 5.77. The Labute approximate surface area is 110 Å². The average molecular weight is 238 g/mol. The largest absolute Gasteiger partial charge is 0.0628 e. The lowest BCUT2D eigenvalue weighted by atomic mass is 9.51. The summed E-state index contributed by atoms with van der Waals surface area (Å²) in [6.45, 7) is 19.7. The van der Waals surface area contributed by atoms with Crippen molar-refractivity contribution in [1.82, 2.24) is 0 Å². The van der Waals surface area contributed by atoms with Crippen LogP contribution in [-0.2, 0) is 0 Å². The molecule has 1 rings (SSSR count). The van der Waals surface area contributed by atoms with Gasteiger partial charge in [-0.3, -0.25) is 0 Å². The second-order valence-electron chi connectivity index (χ2n) is 8.58. The van der Waals surface area contributed by atoms with Crippen molar-refractivity contribution in [2.24, 2.45) is 34.5 Å². The zero-order valence-corrected chi connectivity index (χ0v) is 13.4. The highest BCUT2D eigenvalue weighted by molar-refractivity contribution is 4.97. The molecular weight excluding hydrogens is 204 g/mol. The van der Waals surface area contributed by atoms with Gasteiger partial charge in [-0.05, 0) is 53.8 Å². The summed E-state index contributed by atoms with van der Waals surface area (Å²) < 4.78 is 0. The zero-order chi connectivity index (χ0) is 13.4. The van der Waals surface area contributed by atoms with E-state index in [9.17, 15) is 0 Å². The van der Waals surface area contributed by atoms with Crippen LogP contribution in [0.25, 0.3) is 0 Å². The summed E-state index contributed by atoms with van der Waals surface area (Å²) in [5.41, 5.74) is 1.02. The molecule has 0 bridgehead atoms. The monoisotopic (exact) mass is 238 g/mol. The highest BCUT2D eigenvalue weighted by atomic mass is 14.5. The molecule has 0 amide bonds. The van der Waals surface area contributed by atoms with Crippen LogP contribution in [0, 0.1) is 34.5 Å². The fourth-order valence-corrected chi connectivity index (χ4v) is 5.60. The van der Waals surface area contributed by atoms with Gasteiger partial charge in [-0.15, -0.1) is 0 Å². The van der Waals surface area contributed by atoms with Crippen LogP contribution in [0.4, 0.5) is 0 Å². The number of hydrogen-bond donors (Lipinski definition) is 0. The Morgan fingerprint density at radius 2 is 1.35 bits per heavy atom. The van der Waals surface area contributed by atoms with Crippen molar-refractivity contribution in [3.63, 3.8) is 0 Å². The number of rotatable bonds is 3. The first-order chi connectivity index (χ1) is 7.56. The second-order valence-corrected chi connectivity index (χ2v) is 8.58. The van der Waals surface area contributed by atoms with Crippen LogP contribution < -0.4 is 0 Å². The van der Waals surface area contributed by atoms with Crippen molar-refractivity contribution in [2.45, 2.75) is 74.7 Å². The van der Waals surface area contributed by atoms with Gasteiger partial charge in [-0.25, -0.2) is 0 Å². The lowest BCUT2D eigenvalue weighted by Crippen LogP contribution is -2.46. The molecule has 0 aliphatic heterocycles. The minimum atomic E-state index is 0.509. The third kappa shape index (κ3) is 3.48. The molecule has 17 heavy (non-hydrogen) atoms. The summed E-state index contributed by atoms with van der Waals surface area (Å²) >= 11 is 0. The lowest BCUT2D eigenvalue weighted by molar-refractivity contribution is -0.0507. The quantitative estimate of drug-likeness (QED) is 0.586. The van der Waals surface area contributed by atoms with Gasteiger partial charge in [0.05, 0.1) is 0 Å². The molecular formula is C17H34. The summed E-state index contributed by atoms with van der Waals surface area (Å²) in [5.74, 6) is 3.44. The summed E-state index contributed by atoms with van der Waals surface area (Å²) in [5, 5.41) is 0. The third-order valence-corrected chi connectivity index (χ3v) is 4.85. The summed E-state index contributed by atoms with van der Waals surface area (Å²) in [6, 6.07) is 0. The van der Waals surface area contributed by atoms with Crippen LogP contribution in [0.3, 0.4) is 0 Å². The van der Waals surface area contributed by atoms with Crippen molar-refractivity contribution in [1.29, 1.82) is 0 Å². The Balaban J connectivity index is 2.92. The van der Waals surface area contributed by atoms with E-state index in [2.05, 4.69) is 55.4 Å². The third-order valence-electron chi connectivity index (χ3n) is 4.85. The topological polar surface area (TPSA) is 0 Å². The molecule has 0 N–H and O–H groups in total. The molecule has 0 heteroatoms. The second kappa shape index (κ2) is 4.94. The van der Waals surface area contributed by atoms with Crippen LogP contribution in [0.1, 0.15) is 74.7 Å². The van der Waals surface area contributed by atoms with Gasteiger partial charge in [-0.2, -0.15) is 0 Å². The molecule has 102 valence electrons. The number of hydrogen-bond acceptors (Lipinski definition) is 0. The van der Waals surface area contributed by atoms with Gasteiger partial charge in [0.2, 0.25) is 0 Å². The molecule has 1 fully saturated rings. The van der Waals surface area contributed by atoms with Crippen molar-refractivity contribution in [3.8, 4) is 0 Å². The van der Waals surface area contributed by atoms with Crippen molar-refractivity contribution < 1.29 is 0 Å². The summed E-state index contributed by atoms with van der Waals surface area (Å²) in [6.07, 6.45) is 4.19. The Kier molecular flexibility index (Phi) is 4.37. The van der Waals surface area contributed by atoms with Gasteiger partial charge in [0.25, 0.3) is 0 Å². The molecule has 0 aromatic heterocycles. The summed E-state index contributed by atoms with van der Waals surface area (Å²) in [4.78, 5) is 0. The van der Waals surface area contributed by atoms with E-state index in [-0.39, 0.29) is 0 Å². The first-order valence-corrected chi connectivity index (χ1v) is 7.56. The SMILES string of the molecule is CC(C)CC(C)C1C(C)(C)CC(C)CC1(C)C. The molecule has 0 radical (unpaired) electrons. The molecule has 0 saturated heterocycles. The van der Waals surface area contributed by atoms with Gasteiger partial charge in [0.15, 0.2) is 0 Å². The van der Waals surface area contributed by atoms with Crippen LogP contribution in [0.2, 0.25) is 0 Å². The molecule has 1 saturated carbocycles. The fourth-order valence-electron chi connectivity index (χ4n) is 5.60. The first kappa shape index (κ1) is 15.1. The lowest BCUT2D eigenvalue weighted by Gasteiger charge is -2.54.